The van der Waals surface area contributed by atoms with Gasteiger partial charge in [0.15, 0.2) is 6.61 Å². The van der Waals surface area contributed by atoms with Crippen LogP contribution in [0.15, 0.2) is 55.9 Å². The first-order valence-corrected chi connectivity index (χ1v) is 11.4. The number of esters is 1. The van der Waals surface area contributed by atoms with E-state index >= 15 is 0 Å². The van der Waals surface area contributed by atoms with Gasteiger partial charge in [-0.3, -0.25) is 9.36 Å². The van der Waals surface area contributed by atoms with Gasteiger partial charge in [0.05, 0.1) is 22.2 Å². The molecule has 3 rings (SSSR count). The molecule has 0 aliphatic carbocycles. The average molecular weight is 564 g/mol. The largest absolute Gasteiger partial charge is 0.465 e. The summed E-state index contributed by atoms with van der Waals surface area (Å²) >= 11 is 7.05. The maximum atomic E-state index is 14.8. The van der Waals surface area contributed by atoms with E-state index in [2.05, 4.69) is 4.98 Å². The highest BCUT2D eigenvalue weighted by Crippen LogP contribution is 2.39. The van der Waals surface area contributed by atoms with Crippen molar-refractivity contribution in [3.8, 4) is 11.6 Å². The number of alkyl halides is 3. The van der Waals surface area contributed by atoms with Gasteiger partial charge in [-0.1, -0.05) is 23.4 Å². The highest BCUT2D eigenvalue weighted by atomic mass is 35.5. The number of aromatic nitrogens is 3. The van der Waals surface area contributed by atoms with Crippen molar-refractivity contribution in [3.63, 3.8) is 0 Å². The lowest BCUT2D eigenvalue weighted by Crippen LogP contribution is -2.41. The topological polar surface area (TPSA) is 102 Å². The summed E-state index contributed by atoms with van der Waals surface area (Å²) in [6.07, 6.45) is -3.59. The molecule has 15 heteroatoms. The number of carbonyl (C=O) groups is 1. The summed E-state index contributed by atoms with van der Waals surface area (Å²) in [5.41, 5.74) is -4.89. The van der Waals surface area contributed by atoms with E-state index in [0.29, 0.717) is 4.90 Å². The van der Waals surface area contributed by atoms with Crippen molar-refractivity contribution in [2.75, 3.05) is 26.9 Å². The third-order valence-electron chi connectivity index (χ3n) is 4.69. The Morgan fingerprint density at radius 1 is 1.16 bits per heavy atom. The lowest BCUT2D eigenvalue weighted by Gasteiger charge is -2.15. The summed E-state index contributed by atoms with van der Waals surface area (Å²) in [6, 6.07) is 5.13. The molecule has 0 atom stereocenters. The summed E-state index contributed by atoms with van der Waals surface area (Å²) in [4.78, 5) is 41.3. The van der Waals surface area contributed by atoms with E-state index in [0.717, 1.165) is 30.9 Å². The van der Waals surface area contributed by atoms with Gasteiger partial charge in [0.25, 0.3) is 5.56 Å². The predicted molar refractivity (Wildman–Crippen MR) is 124 cm³/mol. The van der Waals surface area contributed by atoms with E-state index in [1.807, 2.05) is 0 Å². The molecule has 0 aliphatic heterocycles. The van der Waals surface area contributed by atoms with Crippen molar-refractivity contribution in [1.82, 2.24) is 14.1 Å². The molecule has 0 N–H and O–H groups in total. The Morgan fingerprint density at radius 2 is 1.89 bits per heavy atom. The Kier molecular flexibility index (Phi) is 8.99. The van der Waals surface area contributed by atoms with Crippen LogP contribution < -0.4 is 16.0 Å². The van der Waals surface area contributed by atoms with Crippen molar-refractivity contribution < 1.29 is 36.6 Å². The first-order valence-electron chi connectivity index (χ1n) is 10.2. The van der Waals surface area contributed by atoms with Crippen molar-refractivity contribution in [1.29, 1.82) is 0 Å². The zero-order valence-corrected chi connectivity index (χ0v) is 20.7. The van der Waals surface area contributed by atoms with Gasteiger partial charge in [-0.15, -0.1) is 0 Å². The lowest BCUT2D eigenvalue weighted by molar-refractivity contribution is -0.147. The molecule has 0 saturated heterocycles. The normalized spacial score (nSPS) is 11.4. The highest BCUT2D eigenvalue weighted by molar-refractivity contribution is 7.99. The fraction of sp³-hybridized carbons (Fsp3) is 0.273. The van der Waals surface area contributed by atoms with Gasteiger partial charge < -0.3 is 14.2 Å². The molecule has 0 unspecified atom stereocenters. The van der Waals surface area contributed by atoms with E-state index in [4.69, 9.17) is 25.8 Å². The Morgan fingerprint density at radius 3 is 2.57 bits per heavy atom. The Balaban J connectivity index is 1.96. The fourth-order valence-electron chi connectivity index (χ4n) is 2.98. The van der Waals surface area contributed by atoms with Gasteiger partial charge in [-0.2, -0.15) is 13.2 Å². The number of methoxy groups -OCH3 is 1. The van der Waals surface area contributed by atoms with Gasteiger partial charge in [0, 0.05) is 31.3 Å². The number of nitrogens with zero attached hydrogens (tertiary/aromatic N) is 3. The summed E-state index contributed by atoms with van der Waals surface area (Å²) in [5, 5.41) is -0.128. The zero-order valence-electron chi connectivity index (χ0n) is 19.2. The molecule has 0 spiro atoms. The zero-order chi connectivity index (χ0) is 27.3. The summed E-state index contributed by atoms with van der Waals surface area (Å²) in [6.45, 7) is -0.250. The minimum atomic E-state index is -4.97. The van der Waals surface area contributed by atoms with Crippen LogP contribution in [-0.4, -0.2) is 47.0 Å². The number of rotatable bonds is 9. The minimum Gasteiger partial charge on any atom is -0.465 e. The number of carbonyl (C=O) groups excluding carboxylic acids is 1. The standard InChI is InChI=1S/C22H18ClF4N3O6S/c1-29-17(22(25,26)27)10-18(31)30(21(29)33)14-9-16(12(23)8-13(14)24)37-15-4-3-5-28-20(15)36-11-19(32)35-7-6-34-2/h3-5,8-10H,6-7,11H2,1-2H3. The molecule has 0 bridgehead atoms. The Bertz CT molecular complexity index is 1430. The Labute approximate surface area is 215 Å². The lowest BCUT2D eigenvalue weighted by atomic mass is 10.3. The molecule has 0 amide bonds. The van der Waals surface area contributed by atoms with Gasteiger partial charge >= 0.3 is 17.8 Å². The predicted octanol–water partition coefficient (Wildman–Crippen LogP) is 3.46. The molecule has 0 radical (unpaired) electrons. The van der Waals surface area contributed by atoms with E-state index in [9.17, 15) is 31.9 Å². The molecule has 0 aliphatic rings. The molecule has 198 valence electrons. The number of benzene rings is 1. The highest BCUT2D eigenvalue weighted by Gasteiger charge is 2.35. The monoisotopic (exact) mass is 563 g/mol. The second-order valence-corrected chi connectivity index (χ2v) is 8.68. The Hall–Kier alpha value is -3.36. The molecule has 37 heavy (non-hydrogen) atoms. The van der Waals surface area contributed by atoms with Crippen LogP contribution in [0.2, 0.25) is 5.02 Å². The molecule has 2 aromatic heterocycles. The fourth-order valence-corrected chi connectivity index (χ4v) is 4.15. The number of hydrogen-bond acceptors (Lipinski definition) is 8. The van der Waals surface area contributed by atoms with Crippen molar-refractivity contribution in [2.24, 2.45) is 7.05 Å². The van der Waals surface area contributed by atoms with Gasteiger partial charge in [-0.25, -0.2) is 23.5 Å². The molecule has 0 saturated carbocycles. The molecule has 1 aromatic carbocycles. The van der Waals surface area contributed by atoms with E-state index in [1.165, 1.54) is 13.3 Å². The van der Waals surface area contributed by atoms with Gasteiger partial charge in [0.1, 0.15) is 18.1 Å². The van der Waals surface area contributed by atoms with Crippen molar-refractivity contribution >= 4 is 29.3 Å². The second-order valence-electron chi connectivity index (χ2n) is 7.19. The van der Waals surface area contributed by atoms with Gasteiger partial charge in [-0.05, 0) is 24.3 Å². The quantitative estimate of drug-likeness (QED) is 0.222. The minimum absolute atomic E-state index is 0.000689. The summed E-state index contributed by atoms with van der Waals surface area (Å²) in [7, 11) is 2.25. The summed E-state index contributed by atoms with van der Waals surface area (Å²) < 4.78 is 69.8. The maximum Gasteiger partial charge on any atom is 0.431 e. The van der Waals surface area contributed by atoms with Crippen molar-refractivity contribution in [2.45, 2.75) is 16.0 Å². The molecule has 3 aromatic rings. The van der Waals surface area contributed by atoms with E-state index in [1.54, 1.807) is 12.1 Å². The van der Waals surface area contributed by atoms with Crippen molar-refractivity contribution in [3.05, 3.63) is 73.9 Å². The number of hydrogen-bond donors (Lipinski definition) is 0. The van der Waals surface area contributed by atoms with E-state index in [-0.39, 0.29) is 44.2 Å². The van der Waals surface area contributed by atoms with Crippen LogP contribution in [0.4, 0.5) is 17.6 Å². The molecule has 2 heterocycles. The molecule has 0 fully saturated rings. The van der Waals surface area contributed by atoms with Crippen LogP contribution >= 0.6 is 23.4 Å². The third kappa shape index (κ3) is 6.70. The van der Waals surface area contributed by atoms with Gasteiger partial charge in [0.2, 0.25) is 5.88 Å². The maximum absolute atomic E-state index is 14.8. The van der Waals surface area contributed by atoms with Crippen LogP contribution in [0, 0.1) is 5.82 Å². The number of ether oxygens (including phenoxy) is 3. The second kappa shape index (κ2) is 11.8. The van der Waals surface area contributed by atoms with Crippen LogP contribution in [0.5, 0.6) is 5.88 Å². The van der Waals surface area contributed by atoms with Crippen LogP contribution in [0.3, 0.4) is 0 Å². The molecular formula is C22H18ClF4N3O6S. The number of pyridine rings is 1. The van der Waals surface area contributed by atoms with Crippen LogP contribution in [0.1, 0.15) is 5.69 Å². The molecule has 9 nitrogen and oxygen atoms in total. The average Bonchev–Trinajstić information content (AvgIpc) is 2.83. The third-order valence-corrected chi connectivity index (χ3v) is 6.20. The summed E-state index contributed by atoms with van der Waals surface area (Å²) in [5.74, 6) is -1.80. The first kappa shape index (κ1) is 28.2. The SMILES string of the molecule is COCCOC(=O)COc1ncccc1Sc1cc(-n2c(=O)cc(C(F)(F)F)n(C)c2=O)c(F)cc1Cl. The number of halogens is 5. The van der Waals surface area contributed by atoms with Crippen LogP contribution in [0.25, 0.3) is 5.69 Å². The first-order chi connectivity index (χ1) is 17.4. The van der Waals surface area contributed by atoms with Crippen LogP contribution in [-0.2, 0) is 27.5 Å². The van der Waals surface area contributed by atoms with E-state index < -0.39 is 47.2 Å². The molecular weight excluding hydrogens is 546 g/mol. The smallest absolute Gasteiger partial charge is 0.431 e.